The molecule has 1 atom stereocenters. The summed E-state index contributed by atoms with van der Waals surface area (Å²) in [6, 6.07) is 8.97. The molecule has 0 heterocycles. The summed E-state index contributed by atoms with van der Waals surface area (Å²) in [5, 5.41) is 15.1. The maximum absolute atomic E-state index is 11.1. The number of carboxylic acid groups (broad SMARTS) is 1. The molecule has 0 fully saturated rings. The Hall–Kier alpha value is -0.470. The van der Waals surface area contributed by atoms with Crippen LogP contribution >= 0.6 is 0 Å². The first-order valence-electron chi connectivity index (χ1n) is 6.72. The molecule has 0 bridgehead atoms. The van der Waals surface area contributed by atoms with Gasteiger partial charge in [0.25, 0.3) is 0 Å². The van der Waals surface area contributed by atoms with E-state index in [9.17, 15) is 4.79 Å². The Bertz CT molecular complexity index is 379. The Kier molecular flexibility index (Phi) is 12.9. The van der Waals surface area contributed by atoms with Gasteiger partial charge in [0.15, 0.2) is 0 Å². The molecular weight excluding hydrogens is 281 g/mol. The zero-order valence-corrected chi connectivity index (χ0v) is 11.5. The molecule has 7 heteroatoms. The number of carbonyl (C=O) groups is 1. The molecule has 0 aromatic heterocycles. The predicted octanol–water partition coefficient (Wildman–Crippen LogP) is -0.854. The van der Waals surface area contributed by atoms with E-state index in [0.717, 1.165) is 12.1 Å². The van der Waals surface area contributed by atoms with Crippen LogP contribution in [0.1, 0.15) is 5.56 Å². The van der Waals surface area contributed by atoms with Crippen LogP contribution in [0.2, 0.25) is 0 Å². The summed E-state index contributed by atoms with van der Waals surface area (Å²) in [5.74, 6) is -0.906. The fourth-order valence-corrected chi connectivity index (χ4v) is 1.65. The molecule has 6 nitrogen and oxygen atoms in total. The normalized spacial score (nSPS) is 11.7. The summed E-state index contributed by atoms with van der Waals surface area (Å²) in [4.78, 5) is 11.1. The van der Waals surface area contributed by atoms with Gasteiger partial charge in [-0.1, -0.05) is 30.3 Å². The van der Waals surface area contributed by atoms with Crippen molar-refractivity contribution in [3.8, 4) is 0 Å². The van der Waals surface area contributed by atoms with Gasteiger partial charge >= 0.3 is 35.5 Å². The van der Waals surface area contributed by atoms with Crippen LogP contribution in [0.15, 0.2) is 30.3 Å². The van der Waals surface area contributed by atoms with Crippen LogP contribution in [0.5, 0.6) is 0 Å². The standard InChI is InChI=1S/C14H23N3O3.Na.H/c15-6-7-16-8-9-17-13(14(18)19)11-20-10-12-4-2-1-3-5-12;;/h1-5,13,16-17H,6-11,15H2,(H,18,19);;. The van der Waals surface area contributed by atoms with Gasteiger partial charge in [-0.3, -0.25) is 4.79 Å². The number of benzene rings is 1. The quantitative estimate of drug-likeness (QED) is 0.314. The van der Waals surface area contributed by atoms with Gasteiger partial charge in [0.2, 0.25) is 0 Å². The van der Waals surface area contributed by atoms with Crippen LogP contribution in [0, 0.1) is 0 Å². The van der Waals surface area contributed by atoms with Crippen molar-refractivity contribution in [2.45, 2.75) is 12.6 Å². The second-order valence-corrected chi connectivity index (χ2v) is 4.38. The molecule has 1 aromatic carbocycles. The van der Waals surface area contributed by atoms with Gasteiger partial charge in [0, 0.05) is 26.2 Å². The molecule has 0 spiro atoms. The van der Waals surface area contributed by atoms with E-state index < -0.39 is 12.0 Å². The van der Waals surface area contributed by atoms with Crippen LogP contribution in [0.25, 0.3) is 0 Å². The summed E-state index contributed by atoms with van der Waals surface area (Å²) in [5.41, 5.74) is 6.37. The van der Waals surface area contributed by atoms with Crippen molar-refractivity contribution in [3.63, 3.8) is 0 Å². The molecular formula is C14H24N3NaO3. The van der Waals surface area contributed by atoms with E-state index >= 15 is 0 Å². The van der Waals surface area contributed by atoms with E-state index in [1.807, 2.05) is 30.3 Å². The minimum atomic E-state index is -0.906. The topological polar surface area (TPSA) is 96.6 Å². The molecule has 0 aliphatic rings. The fraction of sp³-hybridized carbons (Fsp3) is 0.500. The van der Waals surface area contributed by atoms with Gasteiger partial charge in [0.1, 0.15) is 6.04 Å². The summed E-state index contributed by atoms with van der Waals surface area (Å²) >= 11 is 0. The van der Waals surface area contributed by atoms with E-state index in [1.54, 1.807) is 0 Å². The van der Waals surface area contributed by atoms with E-state index in [1.165, 1.54) is 0 Å². The predicted molar refractivity (Wildman–Crippen MR) is 84.6 cm³/mol. The first kappa shape index (κ1) is 20.5. The third-order valence-corrected chi connectivity index (χ3v) is 2.71. The molecule has 0 amide bonds. The van der Waals surface area contributed by atoms with Gasteiger partial charge in [-0.05, 0) is 5.56 Å². The third kappa shape index (κ3) is 9.97. The minimum absolute atomic E-state index is 0. The van der Waals surface area contributed by atoms with Crippen molar-refractivity contribution in [2.75, 3.05) is 32.8 Å². The van der Waals surface area contributed by atoms with Crippen molar-refractivity contribution in [1.29, 1.82) is 0 Å². The average Bonchev–Trinajstić information content (AvgIpc) is 2.46. The molecule has 114 valence electrons. The van der Waals surface area contributed by atoms with Crippen LogP contribution in [0.3, 0.4) is 0 Å². The molecule has 0 aliphatic carbocycles. The third-order valence-electron chi connectivity index (χ3n) is 2.71. The Balaban J connectivity index is 0.00000400. The number of hydrogen-bond donors (Lipinski definition) is 4. The van der Waals surface area contributed by atoms with Crippen LogP contribution in [0.4, 0.5) is 0 Å². The van der Waals surface area contributed by atoms with Crippen molar-refractivity contribution in [2.24, 2.45) is 5.73 Å². The number of aliphatic carboxylic acids is 1. The van der Waals surface area contributed by atoms with Crippen LogP contribution in [-0.2, 0) is 16.1 Å². The average molecular weight is 305 g/mol. The number of ether oxygens (including phenoxy) is 1. The van der Waals surface area contributed by atoms with Crippen molar-refractivity contribution >= 4 is 35.5 Å². The van der Waals surface area contributed by atoms with Gasteiger partial charge in [-0.25, -0.2) is 0 Å². The number of nitrogens with two attached hydrogens (primary N) is 1. The monoisotopic (exact) mass is 305 g/mol. The Morgan fingerprint density at radius 2 is 1.95 bits per heavy atom. The number of carboxylic acids is 1. The van der Waals surface area contributed by atoms with Crippen molar-refractivity contribution in [3.05, 3.63) is 35.9 Å². The molecule has 0 aliphatic heterocycles. The fourth-order valence-electron chi connectivity index (χ4n) is 1.65. The zero-order chi connectivity index (χ0) is 14.6. The zero-order valence-electron chi connectivity index (χ0n) is 11.5. The Labute approximate surface area is 147 Å². The second-order valence-electron chi connectivity index (χ2n) is 4.38. The van der Waals surface area contributed by atoms with Crippen molar-refractivity contribution in [1.82, 2.24) is 10.6 Å². The number of nitrogens with one attached hydrogen (secondary N) is 2. The maximum atomic E-state index is 11.1. The second kappa shape index (κ2) is 13.2. The van der Waals surface area contributed by atoms with E-state index in [2.05, 4.69) is 10.6 Å². The summed E-state index contributed by atoms with van der Waals surface area (Å²) < 4.78 is 5.44. The number of rotatable bonds is 11. The molecule has 5 N–H and O–H groups in total. The molecule has 1 rings (SSSR count). The summed E-state index contributed by atoms with van der Waals surface area (Å²) in [6.07, 6.45) is 0. The summed E-state index contributed by atoms with van der Waals surface area (Å²) in [6.45, 7) is 3.09. The molecule has 1 unspecified atom stereocenters. The van der Waals surface area contributed by atoms with Crippen molar-refractivity contribution < 1.29 is 14.6 Å². The van der Waals surface area contributed by atoms with Gasteiger partial charge in [-0.2, -0.15) is 0 Å². The van der Waals surface area contributed by atoms with E-state index in [0.29, 0.717) is 26.2 Å². The van der Waals surface area contributed by atoms with Gasteiger partial charge in [-0.15, -0.1) is 0 Å². The Morgan fingerprint density at radius 3 is 2.57 bits per heavy atom. The SMILES string of the molecule is NCCNCCNC(COCc1ccccc1)C(=O)O.[NaH]. The number of hydrogen-bond acceptors (Lipinski definition) is 5. The van der Waals surface area contributed by atoms with Gasteiger partial charge in [0.05, 0.1) is 13.2 Å². The van der Waals surface area contributed by atoms with Crippen LogP contribution in [-0.4, -0.2) is 79.5 Å². The van der Waals surface area contributed by atoms with Crippen LogP contribution < -0.4 is 16.4 Å². The first-order valence-corrected chi connectivity index (χ1v) is 6.72. The molecule has 21 heavy (non-hydrogen) atoms. The molecule has 1 aromatic rings. The van der Waals surface area contributed by atoms with E-state index in [-0.39, 0.29) is 36.2 Å². The molecule has 0 saturated carbocycles. The molecule has 0 radical (unpaired) electrons. The molecule has 0 saturated heterocycles. The van der Waals surface area contributed by atoms with Gasteiger partial charge < -0.3 is 26.2 Å². The Morgan fingerprint density at radius 1 is 1.24 bits per heavy atom. The summed E-state index contributed by atoms with van der Waals surface area (Å²) in [7, 11) is 0. The van der Waals surface area contributed by atoms with E-state index in [4.69, 9.17) is 15.6 Å². The first-order chi connectivity index (χ1) is 9.74.